The first-order valence-corrected chi connectivity index (χ1v) is 7.89. The number of likely N-dealkylation sites (tertiary alicyclic amines) is 1. The van der Waals surface area contributed by atoms with Crippen LogP contribution in [0.25, 0.3) is 0 Å². The van der Waals surface area contributed by atoms with Crippen molar-refractivity contribution < 1.29 is 5.11 Å². The van der Waals surface area contributed by atoms with E-state index in [1.165, 1.54) is 5.56 Å². The number of aliphatic hydroxyl groups is 1. The molecule has 3 unspecified atom stereocenters. The van der Waals surface area contributed by atoms with E-state index < -0.39 is 0 Å². The smallest absolute Gasteiger partial charge is 0.0499 e. The Bertz CT molecular complexity index is 409. The van der Waals surface area contributed by atoms with E-state index in [9.17, 15) is 5.11 Å². The van der Waals surface area contributed by atoms with E-state index in [1.807, 2.05) is 12.1 Å². The number of piperidine rings is 1. The minimum Gasteiger partial charge on any atom is -0.396 e. The lowest BCUT2D eigenvalue weighted by Gasteiger charge is -2.40. The molecule has 1 aromatic carbocycles. The van der Waals surface area contributed by atoms with Gasteiger partial charge < -0.3 is 10.8 Å². The highest BCUT2D eigenvalue weighted by molar-refractivity contribution is 6.30. The second-order valence-corrected chi connectivity index (χ2v) is 6.19. The molecule has 20 heavy (non-hydrogen) atoms. The Labute approximate surface area is 126 Å². The van der Waals surface area contributed by atoms with Crippen LogP contribution in [0.15, 0.2) is 24.3 Å². The molecule has 0 aromatic heterocycles. The number of nitrogens with zero attached hydrogens (tertiary/aromatic N) is 1. The van der Waals surface area contributed by atoms with Crippen LogP contribution in [-0.2, 0) is 0 Å². The Kier molecular flexibility index (Phi) is 5.85. The van der Waals surface area contributed by atoms with Crippen molar-refractivity contribution in [2.45, 2.75) is 38.3 Å². The van der Waals surface area contributed by atoms with Crippen molar-refractivity contribution in [3.05, 3.63) is 34.9 Å². The molecule has 0 saturated carbocycles. The maximum atomic E-state index is 9.42. The fourth-order valence-electron chi connectivity index (χ4n) is 3.11. The largest absolute Gasteiger partial charge is 0.396 e. The molecule has 1 aliphatic heterocycles. The summed E-state index contributed by atoms with van der Waals surface area (Å²) in [6, 6.07) is 8.33. The van der Waals surface area contributed by atoms with Gasteiger partial charge in [-0.25, -0.2) is 0 Å². The number of hydrogen-bond acceptors (Lipinski definition) is 3. The van der Waals surface area contributed by atoms with Crippen LogP contribution in [0.5, 0.6) is 0 Å². The second kappa shape index (κ2) is 7.41. The van der Waals surface area contributed by atoms with Gasteiger partial charge in [0.25, 0.3) is 0 Å². The highest BCUT2D eigenvalue weighted by Crippen LogP contribution is 2.30. The predicted molar refractivity (Wildman–Crippen MR) is 83.8 cm³/mol. The topological polar surface area (TPSA) is 49.5 Å². The van der Waals surface area contributed by atoms with Gasteiger partial charge in [-0.15, -0.1) is 0 Å². The molecule has 1 aliphatic rings. The van der Waals surface area contributed by atoms with Crippen molar-refractivity contribution in [3.63, 3.8) is 0 Å². The zero-order valence-electron chi connectivity index (χ0n) is 12.1. The van der Waals surface area contributed by atoms with E-state index in [1.54, 1.807) is 0 Å². The number of nitrogens with two attached hydrogens (primary N) is 1. The van der Waals surface area contributed by atoms with Crippen molar-refractivity contribution in [3.8, 4) is 0 Å². The average molecular weight is 297 g/mol. The summed E-state index contributed by atoms with van der Waals surface area (Å²) >= 11 is 5.98. The summed E-state index contributed by atoms with van der Waals surface area (Å²) in [5.41, 5.74) is 7.59. The molecule has 4 heteroatoms. The summed E-state index contributed by atoms with van der Waals surface area (Å²) in [4.78, 5) is 2.43. The fraction of sp³-hybridized carbons (Fsp3) is 0.625. The molecule has 112 valence electrons. The third-order valence-corrected chi connectivity index (χ3v) is 4.54. The Morgan fingerprint density at radius 2 is 2.10 bits per heavy atom. The van der Waals surface area contributed by atoms with Gasteiger partial charge in [-0.3, -0.25) is 4.90 Å². The SMILES string of the molecule is CCC(N)C(c1ccc(Cl)cc1)N1CCCC(CO)C1. The van der Waals surface area contributed by atoms with Crippen LogP contribution < -0.4 is 5.73 Å². The minimum atomic E-state index is 0.105. The van der Waals surface area contributed by atoms with E-state index in [0.29, 0.717) is 5.92 Å². The van der Waals surface area contributed by atoms with Crippen LogP contribution >= 0.6 is 11.6 Å². The predicted octanol–water partition coefficient (Wildman–Crippen LogP) is 2.82. The van der Waals surface area contributed by atoms with Crippen LogP contribution in [0, 0.1) is 5.92 Å². The molecule has 0 amide bonds. The quantitative estimate of drug-likeness (QED) is 0.878. The van der Waals surface area contributed by atoms with Crippen molar-refractivity contribution in [2.24, 2.45) is 11.7 Å². The van der Waals surface area contributed by atoms with E-state index in [2.05, 4.69) is 24.0 Å². The van der Waals surface area contributed by atoms with Crippen molar-refractivity contribution in [2.75, 3.05) is 19.7 Å². The standard InChI is InChI=1S/C16H25ClN2O/c1-2-15(18)16(13-5-7-14(17)8-6-13)19-9-3-4-12(10-19)11-20/h5-8,12,15-16,20H,2-4,9-11,18H2,1H3. The van der Waals surface area contributed by atoms with E-state index >= 15 is 0 Å². The molecular weight excluding hydrogens is 272 g/mol. The Morgan fingerprint density at radius 1 is 1.40 bits per heavy atom. The number of hydrogen-bond donors (Lipinski definition) is 2. The zero-order valence-corrected chi connectivity index (χ0v) is 12.9. The van der Waals surface area contributed by atoms with E-state index in [0.717, 1.165) is 37.4 Å². The fourth-order valence-corrected chi connectivity index (χ4v) is 3.24. The molecule has 1 fully saturated rings. The minimum absolute atomic E-state index is 0.105. The molecule has 1 heterocycles. The summed E-state index contributed by atoms with van der Waals surface area (Å²) in [5.74, 6) is 0.377. The average Bonchev–Trinajstić information content (AvgIpc) is 2.49. The highest BCUT2D eigenvalue weighted by atomic mass is 35.5. The zero-order chi connectivity index (χ0) is 14.5. The summed E-state index contributed by atoms with van der Waals surface area (Å²) in [6.45, 7) is 4.38. The third kappa shape index (κ3) is 3.73. The highest BCUT2D eigenvalue weighted by Gasteiger charge is 2.29. The first-order chi connectivity index (χ1) is 9.65. The van der Waals surface area contributed by atoms with Gasteiger partial charge in [0, 0.05) is 30.3 Å². The molecule has 3 nitrogen and oxygen atoms in total. The van der Waals surface area contributed by atoms with Gasteiger partial charge >= 0.3 is 0 Å². The molecule has 3 atom stereocenters. The van der Waals surface area contributed by atoms with Gasteiger partial charge in [0.05, 0.1) is 0 Å². The monoisotopic (exact) mass is 296 g/mol. The van der Waals surface area contributed by atoms with Gasteiger partial charge in [0.1, 0.15) is 0 Å². The number of rotatable bonds is 5. The van der Waals surface area contributed by atoms with Crippen LogP contribution in [0.2, 0.25) is 5.02 Å². The third-order valence-electron chi connectivity index (χ3n) is 4.29. The van der Waals surface area contributed by atoms with Gasteiger partial charge in [0.2, 0.25) is 0 Å². The lowest BCUT2D eigenvalue weighted by Crippen LogP contribution is -2.46. The Hall–Kier alpha value is -0.610. The maximum absolute atomic E-state index is 9.42. The molecule has 1 aromatic rings. The Balaban J connectivity index is 2.20. The van der Waals surface area contributed by atoms with Crippen molar-refractivity contribution in [1.82, 2.24) is 4.90 Å². The summed E-state index contributed by atoms with van der Waals surface area (Å²) in [5, 5.41) is 10.2. The van der Waals surface area contributed by atoms with Crippen LogP contribution in [0.1, 0.15) is 37.8 Å². The maximum Gasteiger partial charge on any atom is 0.0499 e. The summed E-state index contributed by atoms with van der Waals surface area (Å²) in [6.07, 6.45) is 3.18. The molecule has 0 bridgehead atoms. The van der Waals surface area contributed by atoms with Crippen molar-refractivity contribution >= 4 is 11.6 Å². The Morgan fingerprint density at radius 3 is 2.70 bits per heavy atom. The lowest BCUT2D eigenvalue weighted by atomic mass is 9.91. The molecule has 0 spiro atoms. The van der Waals surface area contributed by atoms with Gasteiger partial charge in [-0.1, -0.05) is 30.7 Å². The van der Waals surface area contributed by atoms with Crippen LogP contribution in [-0.4, -0.2) is 35.7 Å². The molecule has 0 aliphatic carbocycles. The second-order valence-electron chi connectivity index (χ2n) is 5.75. The van der Waals surface area contributed by atoms with E-state index in [4.69, 9.17) is 17.3 Å². The molecular formula is C16H25ClN2O. The summed E-state index contributed by atoms with van der Waals surface area (Å²) in [7, 11) is 0. The van der Waals surface area contributed by atoms with Crippen LogP contribution in [0.3, 0.4) is 0 Å². The lowest BCUT2D eigenvalue weighted by molar-refractivity contribution is 0.0764. The van der Waals surface area contributed by atoms with Crippen LogP contribution in [0.4, 0.5) is 0 Å². The van der Waals surface area contributed by atoms with E-state index in [-0.39, 0.29) is 18.7 Å². The molecule has 3 N–H and O–H groups in total. The molecule has 0 radical (unpaired) electrons. The first kappa shape index (κ1) is 15.8. The summed E-state index contributed by atoms with van der Waals surface area (Å²) < 4.78 is 0. The van der Waals surface area contributed by atoms with Gasteiger partial charge in [0.15, 0.2) is 0 Å². The number of benzene rings is 1. The molecule has 1 saturated heterocycles. The number of aliphatic hydroxyl groups excluding tert-OH is 1. The first-order valence-electron chi connectivity index (χ1n) is 7.51. The van der Waals surface area contributed by atoms with Gasteiger partial charge in [-0.2, -0.15) is 0 Å². The number of halogens is 1. The normalized spacial score (nSPS) is 23.5. The van der Waals surface area contributed by atoms with Gasteiger partial charge in [-0.05, 0) is 49.4 Å². The molecule has 2 rings (SSSR count). The van der Waals surface area contributed by atoms with Crippen molar-refractivity contribution in [1.29, 1.82) is 0 Å².